The fraction of sp³-hybridized carbons (Fsp3) is 0.500. The van der Waals surface area contributed by atoms with Crippen molar-refractivity contribution in [2.45, 2.75) is 24.2 Å². The van der Waals surface area contributed by atoms with Crippen LogP contribution in [0.25, 0.3) is 0 Å². The normalized spacial score (nSPS) is 14.2. The number of alkyl halides is 6. The molecule has 0 aliphatic rings. The van der Waals surface area contributed by atoms with Crippen LogP contribution in [-0.4, -0.2) is 27.9 Å². The summed E-state index contributed by atoms with van der Waals surface area (Å²) >= 11 is 0. The van der Waals surface area contributed by atoms with E-state index < -0.39 is 56.0 Å². The Morgan fingerprint density at radius 1 is 0.783 bits per heavy atom. The highest BCUT2D eigenvalue weighted by molar-refractivity contribution is 7.87. The fourth-order valence-corrected chi connectivity index (χ4v) is 1.79. The van der Waals surface area contributed by atoms with Crippen LogP contribution < -0.4 is 0 Å². The monoisotopic (exact) mass is 392 g/mol. The van der Waals surface area contributed by atoms with Crippen LogP contribution in [0.2, 0.25) is 0 Å². The van der Waals surface area contributed by atoms with Crippen molar-refractivity contribution in [1.82, 2.24) is 0 Å². The van der Waals surface area contributed by atoms with E-state index in [9.17, 15) is 43.2 Å². The molecule has 0 atom stereocenters. The molecule has 0 saturated heterocycles. The van der Waals surface area contributed by atoms with E-state index in [0.717, 1.165) is 12.1 Å². The maximum absolute atomic E-state index is 12.0. The Kier molecular flexibility index (Phi) is 5.40. The minimum Gasteiger partial charge on any atom is -0.461 e. The third kappa shape index (κ3) is 5.08. The molecule has 0 bridgehead atoms. The average molecular weight is 392 g/mol. The number of halogens is 6. The summed E-state index contributed by atoms with van der Waals surface area (Å²) in [4.78, 5) is 0. The molecule has 134 valence electrons. The van der Waals surface area contributed by atoms with Crippen LogP contribution >= 0.6 is 0 Å². The van der Waals surface area contributed by atoms with Crippen molar-refractivity contribution in [2.24, 2.45) is 0 Å². The first-order chi connectivity index (χ1) is 10.2. The number of hydrogen-bond acceptors (Lipinski definition) is 7. The van der Waals surface area contributed by atoms with Crippen molar-refractivity contribution in [1.29, 1.82) is 0 Å². The topological polar surface area (TPSA) is 99.9 Å². The van der Waals surface area contributed by atoms with Gasteiger partial charge in [-0.3, -0.25) is 8.37 Å². The second kappa shape index (κ2) is 6.29. The summed E-state index contributed by atoms with van der Waals surface area (Å²) in [5, 5.41) is 0. The van der Waals surface area contributed by atoms with Gasteiger partial charge in [-0.1, -0.05) is 0 Å². The first kappa shape index (κ1) is 19.7. The van der Waals surface area contributed by atoms with Gasteiger partial charge in [-0.05, 0) is 12.1 Å². The predicted octanol–water partition coefficient (Wildman–Crippen LogP) is 2.01. The number of rotatable bonds is 6. The molecule has 0 unspecified atom stereocenters. The average Bonchev–Trinajstić information content (AvgIpc) is 2.79. The number of hydrogen-bond donors (Lipinski definition) is 0. The highest BCUT2D eigenvalue weighted by Gasteiger charge is 2.48. The van der Waals surface area contributed by atoms with E-state index in [2.05, 4.69) is 12.8 Å². The van der Waals surface area contributed by atoms with Gasteiger partial charge < -0.3 is 4.42 Å². The second-order valence-corrected chi connectivity index (χ2v) is 6.91. The molecule has 1 aromatic rings. The Balaban J connectivity index is 2.67. The minimum atomic E-state index is -5.88. The maximum atomic E-state index is 12.0. The Labute approximate surface area is 125 Å². The highest BCUT2D eigenvalue weighted by atomic mass is 32.2. The largest absolute Gasteiger partial charge is 0.523 e. The minimum absolute atomic E-state index is 0.513. The fourth-order valence-electron chi connectivity index (χ4n) is 0.982. The van der Waals surface area contributed by atoms with Crippen molar-refractivity contribution < 1.29 is 56.0 Å². The van der Waals surface area contributed by atoms with Gasteiger partial charge in [0.2, 0.25) is 0 Å². The van der Waals surface area contributed by atoms with Crippen molar-refractivity contribution in [3.8, 4) is 0 Å². The van der Waals surface area contributed by atoms with Gasteiger partial charge in [0.15, 0.2) is 0 Å². The lowest BCUT2D eigenvalue weighted by Gasteiger charge is -2.07. The first-order valence-electron chi connectivity index (χ1n) is 5.15. The molecule has 0 aliphatic carbocycles. The SMILES string of the molecule is O=S(=O)(OCc1ccc(COS(=O)(=O)C(F)(F)F)o1)C(F)(F)F. The number of furan rings is 1. The van der Waals surface area contributed by atoms with Gasteiger partial charge in [-0.25, -0.2) is 0 Å². The lowest BCUT2D eigenvalue weighted by molar-refractivity contribution is -0.0551. The zero-order valence-electron chi connectivity index (χ0n) is 10.5. The molecule has 1 aromatic heterocycles. The lowest BCUT2D eigenvalue weighted by atomic mass is 10.4. The molecule has 0 aromatic carbocycles. The molecule has 0 N–H and O–H groups in total. The Bertz CT molecular complexity index is 680. The molecule has 1 heterocycles. The highest BCUT2D eigenvalue weighted by Crippen LogP contribution is 2.27. The molecule has 0 aliphatic heterocycles. The first-order valence-corrected chi connectivity index (χ1v) is 7.96. The summed E-state index contributed by atoms with van der Waals surface area (Å²) in [6, 6.07) is 1.73. The van der Waals surface area contributed by atoms with Gasteiger partial charge in [0.1, 0.15) is 24.7 Å². The van der Waals surface area contributed by atoms with Crippen molar-refractivity contribution in [3.63, 3.8) is 0 Å². The summed E-state index contributed by atoms with van der Waals surface area (Å²) < 4.78 is 126. The van der Waals surface area contributed by atoms with E-state index in [0.29, 0.717) is 0 Å². The third-order valence-corrected chi connectivity index (χ3v) is 3.99. The van der Waals surface area contributed by atoms with Gasteiger partial charge in [0.05, 0.1) is 0 Å². The van der Waals surface area contributed by atoms with Crippen LogP contribution in [0.1, 0.15) is 11.5 Å². The Hall–Kier alpha value is -1.32. The zero-order chi connectivity index (χ0) is 18.1. The third-order valence-electron chi connectivity index (χ3n) is 2.00. The molecule has 23 heavy (non-hydrogen) atoms. The molecule has 0 amide bonds. The van der Waals surface area contributed by atoms with E-state index in [1.165, 1.54) is 0 Å². The zero-order valence-corrected chi connectivity index (χ0v) is 12.1. The summed E-state index contributed by atoms with van der Waals surface area (Å²) in [6.07, 6.45) is 0. The summed E-state index contributed by atoms with van der Waals surface area (Å²) in [5.41, 5.74) is -11.3. The van der Waals surface area contributed by atoms with E-state index in [4.69, 9.17) is 0 Å². The lowest BCUT2D eigenvalue weighted by Crippen LogP contribution is -2.25. The van der Waals surface area contributed by atoms with E-state index in [1.54, 1.807) is 0 Å². The second-order valence-electron chi connectivity index (χ2n) is 3.69. The summed E-state index contributed by atoms with van der Waals surface area (Å²) in [7, 11) is -11.8. The molecule has 7 nitrogen and oxygen atoms in total. The van der Waals surface area contributed by atoms with E-state index in [1.807, 2.05) is 0 Å². The quantitative estimate of drug-likeness (QED) is 0.415. The summed E-state index contributed by atoms with van der Waals surface area (Å²) in [6.45, 7) is -2.40. The van der Waals surface area contributed by atoms with Crippen LogP contribution in [0.4, 0.5) is 26.3 Å². The van der Waals surface area contributed by atoms with Gasteiger partial charge in [-0.15, -0.1) is 0 Å². The van der Waals surface area contributed by atoms with Gasteiger partial charge in [-0.2, -0.15) is 43.2 Å². The molecular weight excluding hydrogens is 386 g/mol. The van der Waals surface area contributed by atoms with Crippen LogP contribution in [0, 0.1) is 0 Å². The van der Waals surface area contributed by atoms with Crippen LogP contribution in [-0.2, 0) is 41.8 Å². The van der Waals surface area contributed by atoms with Crippen LogP contribution in [0.15, 0.2) is 16.5 Å². The molecule has 0 saturated carbocycles. The van der Waals surface area contributed by atoms with Crippen molar-refractivity contribution >= 4 is 20.2 Å². The van der Waals surface area contributed by atoms with E-state index >= 15 is 0 Å². The maximum Gasteiger partial charge on any atom is 0.523 e. The van der Waals surface area contributed by atoms with Gasteiger partial charge >= 0.3 is 31.3 Å². The van der Waals surface area contributed by atoms with Crippen molar-refractivity contribution in [2.75, 3.05) is 0 Å². The standard InChI is InChI=1S/C8H6F6O7S2/c9-7(10,11)22(15,16)19-3-5-1-2-6(21-5)4-20-23(17,18)8(12,13)14/h1-2H,3-4H2. The van der Waals surface area contributed by atoms with Crippen molar-refractivity contribution in [3.05, 3.63) is 23.7 Å². The van der Waals surface area contributed by atoms with Gasteiger partial charge in [0.25, 0.3) is 0 Å². The molecular formula is C8H6F6O7S2. The van der Waals surface area contributed by atoms with E-state index in [-0.39, 0.29) is 0 Å². The molecule has 15 heteroatoms. The predicted molar refractivity (Wildman–Crippen MR) is 58.2 cm³/mol. The smallest absolute Gasteiger partial charge is 0.461 e. The molecule has 1 rings (SSSR count). The molecule has 0 fully saturated rings. The van der Waals surface area contributed by atoms with Gasteiger partial charge in [0, 0.05) is 0 Å². The van der Waals surface area contributed by atoms with Crippen LogP contribution in [0.3, 0.4) is 0 Å². The van der Waals surface area contributed by atoms with Crippen LogP contribution in [0.5, 0.6) is 0 Å². The molecule has 0 radical (unpaired) electrons. The Morgan fingerprint density at radius 2 is 1.09 bits per heavy atom. The molecule has 0 spiro atoms. The summed E-state index contributed by atoms with van der Waals surface area (Å²) in [5.74, 6) is -1.03. The Morgan fingerprint density at radius 3 is 1.35 bits per heavy atom.